The summed E-state index contributed by atoms with van der Waals surface area (Å²) in [6.45, 7) is 10.7. The summed E-state index contributed by atoms with van der Waals surface area (Å²) < 4.78 is 1.96. The smallest absolute Gasteiger partial charge is 0.239 e. The van der Waals surface area contributed by atoms with Crippen LogP contribution in [-0.2, 0) is 11.3 Å². The molecule has 0 fully saturated rings. The van der Waals surface area contributed by atoms with Crippen LogP contribution >= 0.6 is 0 Å². The summed E-state index contributed by atoms with van der Waals surface area (Å²) in [5.74, 6) is 0.567. The van der Waals surface area contributed by atoms with Gasteiger partial charge in [-0.2, -0.15) is 0 Å². The van der Waals surface area contributed by atoms with Crippen LogP contribution < -0.4 is 10.6 Å². The Hall–Kier alpha value is -1.29. The Morgan fingerprint density at radius 1 is 1.35 bits per heavy atom. The number of nitrogens with one attached hydrogen (secondary N) is 2. The fourth-order valence-corrected chi connectivity index (χ4v) is 2.12. The van der Waals surface area contributed by atoms with Crippen LogP contribution in [0.3, 0.4) is 0 Å². The first kappa shape index (κ1) is 16.8. The summed E-state index contributed by atoms with van der Waals surface area (Å²) in [6, 6.07) is 2.49. The number of rotatable bonds is 9. The largest absolute Gasteiger partial charge is 0.354 e. The second-order valence-electron chi connectivity index (χ2n) is 5.73. The highest BCUT2D eigenvalue weighted by Gasteiger charge is 2.10. The molecule has 1 aromatic rings. The molecule has 1 rings (SSSR count). The van der Waals surface area contributed by atoms with E-state index in [-0.39, 0.29) is 5.91 Å². The fourth-order valence-electron chi connectivity index (χ4n) is 2.12. The van der Waals surface area contributed by atoms with Crippen molar-refractivity contribution in [3.05, 3.63) is 24.0 Å². The molecule has 0 saturated heterocycles. The monoisotopic (exact) mass is 279 g/mol. The lowest BCUT2D eigenvalue weighted by molar-refractivity contribution is -0.121. The zero-order valence-electron chi connectivity index (χ0n) is 13.3. The molecule has 4 nitrogen and oxygen atoms in total. The van der Waals surface area contributed by atoms with Crippen molar-refractivity contribution < 1.29 is 4.79 Å². The van der Waals surface area contributed by atoms with Crippen molar-refractivity contribution in [2.45, 2.75) is 53.1 Å². The van der Waals surface area contributed by atoms with Crippen molar-refractivity contribution >= 4 is 5.91 Å². The van der Waals surface area contributed by atoms with E-state index in [1.54, 1.807) is 0 Å². The lowest BCUT2D eigenvalue weighted by Gasteiger charge is -2.15. The highest BCUT2D eigenvalue weighted by molar-refractivity contribution is 5.75. The van der Waals surface area contributed by atoms with Crippen LogP contribution in [0.5, 0.6) is 0 Å². The maximum Gasteiger partial charge on any atom is 0.239 e. The zero-order chi connectivity index (χ0) is 15.0. The summed E-state index contributed by atoms with van der Waals surface area (Å²) in [6.07, 6.45) is 6.25. The molecule has 0 aliphatic rings. The molecule has 0 aliphatic heterocycles. The molecule has 20 heavy (non-hydrogen) atoms. The highest BCUT2D eigenvalue weighted by atomic mass is 16.1. The van der Waals surface area contributed by atoms with Crippen LogP contribution in [0.15, 0.2) is 18.5 Å². The Balaban J connectivity index is 2.51. The maximum absolute atomic E-state index is 11.8. The second-order valence-corrected chi connectivity index (χ2v) is 5.73. The van der Waals surface area contributed by atoms with E-state index in [1.165, 1.54) is 5.56 Å². The molecule has 2 N–H and O–H groups in total. The average molecular weight is 279 g/mol. The third-order valence-corrected chi connectivity index (χ3v) is 3.26. The van der Waals surface area contributed by atoms with E-state index >= 15 is 0 Å². The van der Waals surface area contributed by atoms with Crippen LogP contribution in [0.1, 0.15) is 52.1 Å². The predicted octanol–water partition coefficient (Wildman–Crippen LogP) is 2.71. The van der Waals surface area contributed by atoms with E-state index in [4.69, 9.17) is 0 Å². The lowest BCUT2D eigenvalue weighted by atomic mass is 10.1. The molecule has 1 unspecified atom stereocenters. The summed E-state index contributed by atoms with van der Waals surface area (Å²) in [7, 11) is 0. The van der Waals surface area contributed by atoms with E-state index in [2.05, 4.69) is 50.6 Å². The topological polar surface area (TPSA) is 46.1 Å². The zero-order valence-corrected chi connectivity index (χ0v) is 13.3. The molecule has 1 heterocycles. The minimum atomic E-state index is 0.0791. The Bertz CT molecular complexity index is 398. The minimum Gasteiger partial charge on any atom is -0.354 e. The van der Waals surface area contributed by atoms with Gasteiger partial charge >= 0.3 is 0 Å². The summed E-state index contributed by atoms with van der Waals surface area (Å²) in [5, 5.41) is 6.47. The van der Waals surface area contributed by atoms with Gasteiger partial charge in [-0.3, -0.25) is 4.79 Å². The van der Waals surface area contributed by atoms with Crippen molar-refractivity contribution in [2.75, 3.05) is 13.1 Å². The summed E-state index contributed by atoms with van der Waals surface area (Å²) in [4.78, 5) is 11.8. The van der Waals surface area contributed by atoms with E-state index in [0.29, 0.717) is 18.5 Å². The highest BCUT2D eigenvalue weighted by Crippen LogP contribution is 2.16. The average Bonchev–Trinajstić information content (AvgIpc) is 2.86. The van der Waals surface area contributed by atoms with Gasteiger partial charge in [0.05, 0.1) is 0 Å². The molecule has 0 bridgehead atoms. The number of carbonyl (C=O) groups is 1. The van der Waals surface area contributed by atoms with Crippen molar-refractivity contribution in [1.29, 1.82) is 0 Å². The van der Waals surface area contributed by atoms with Crippen LogP contribution in [0.2, 0.25) is 0 Å². The van der Waals surface area contributed by atoms with Gasteiger partial charge in [-0.15, -0.1) is 0 Å². The molecule has 0 aromatic carbocycles. The van der Waals surface area contributed by atoms with Gasteiger partial charge in [0.15, 0.2) is 0 Å². The van der Waals surface area contributed by atoms with Gasteiger partial charge in [0.1, 0.15) is 6.54 Å². The molecule has 0 saturated carbocycles. The molecule has 0 aliphatic carbocycles. The van der Waals surface area contributed by atoms with Gasteiger partial charge in [-0.1, -0.05) is 27.7 Å². The van der Waals surface area contributed by atoms with E-state index in [1.807, 2.05) is 10.8 Å². The SMILES string of the molecule is CCCNC(CC)c1ccn(CC(=O)NCC(C)C)c1. The molecular formula is C16H29N3O. The summed E-state index contributed by atoms with van der Waals surface area (Å²) >= 11 is 0. The fraction of sp³-hybridized carbons (Fsp3) is 0.688. The number of carbonyl (C=O) groups excluding carboxylic acids is 1. The second kappa shape index (κ2) is 8.80. The first-order valence-corrected chi connectivity index (χ1v) is 7.72. The lowest BCUT2D eigenvalue weighted by Crippen LogP contribution is -2.30. The third-order valence-electron chi connectivity index (χ3n) is 3.26. The first-order chi connectivity index (χ1) is 9.56. The van der Waals surface area contributed by atoms with Gasteiger partial charge in [-0.05, 0) is 36.9 Å². The molecule has 0 radical (unpaired) electrons. The number of nitrogens with zero attached hydrogens (tertiary/aromatic N) is 1. The van der Waals surface area contributed by atoms with Crippen molar-refractivity contribution in [1.82, 2.24) is 15.2 Å². The Morgan fingerprint density at radius 2 is 2.10 bits per heavy atom. The quantitative estimate of drug-likeness (QED) is 0.730. The van der Waals surface area contributed by atoms with E-state index in [0.717, 1.165) is 25.9 Å². The van der Waals surface area contributed by atoms with Gasteiger partial charge in [0.2, 0.25) is 5.91 Å². The van der Waals surface area contributed by atoms with E-state index < -0.39 is 0 Å². The Labute approximate surface area is 122 Å². The van der Waals surface area contributed by atoms with Gasteiger partial charge < -0.3 is 15.2 Å². The molecule has 0 spiro atoms. The van der Waals surface area contributed by atoms with Gasteiger partial charge in [0, 0.05) is 25.0 Å². The Morgan fingerprint density at radius 3 is 2.70 bits per heavy atom. The van der Waals surface area contributed by atoms with Crippen molar-refractivity contribution in [3.63, 3.8) is 0 Å². The van der Waals surface area contributed by atoms with Crippen LogP contribution in [0.25, 0.3) is 0 Å². The number of aromatic nitrogens is 1. The standard InChI is InChI=1S/C16H29N3O/c1-5-8-17-15(6-2)14-7-9-19(11-14)12-16(20)18-10-13(3)4/h7,9,11,13,15,17H,5-6,8,10,12H2,1-4H3,(H,18,20). The van der Waals surface area contributed by atoms with Gasteiger partial charge in [-0.25, -0.2) is 0 Å². The molecule has 114 valence electrons. The van der Waals surface area contributed by atoms with Crippen molar-refractivity contribution in [2.24, 2.45) is 5.92 Å². The first-order valence-electron chi connectivity index (χ1n) is 7.72. The number of hydrogen-bond donors (Lipinski definition) is 2. The third kappa shape index (κ3) is 5.78. The number of amides is 1. The molecular weight excluding hydrogens is 250 g/mol. The Kier molecular flexibility index (Phi) is 7.37. The van der Waals surface area contributed by atoms with Crippen LogP contribution in [0.4, 0.5) is 0 Å². The predicted molar refractivity (Wildman–Crippen MR) is 83.6 cm³/mol. The molecule has 4 heteroatoms. The molecule has 1 atom stereocenters. The maximum atomic E-state index is 11.8. The summed E-state index contributed by atoms with van der Waals surface area (Å²) in [5.41, 5.74) is 1.26. The minimum absolute atomic E-state index is 0.0791. The van der Waals surface area contributed by atoms with Gasteiger partial charge in [0.25, 0.3) is 0 Å². The van der Waals surface area contributed by atoms with Crippen LogP contribution in [-0.4, -0.2) is 23.6 Å². The molecule has 1 aromatic heterocycles. The van der Waals surface area contributed by atoms with Crippen molar-refractivity contribution in [3.8, 4) is 0 Å². The normalized spacial score (nSPS) is 12.7. The molecule has 1 amide bonds. The van der Waals surface area contributed by atoms with Crippen LogP contribution in [0, 0.1) is 5.92 Å². The van der Waals surface area contributed by atoms with E-state index in [9.17, 15) is 4.79 Å². The number of hydrogen-bond acceptors (Lipinski definition) is 2.